The van der Waals surface area contributed by atoms with E-state index in [0.29, 0.717) is 11.6 Å². The van der Waals surface area contributed by atoms with E-state index in [9.17, 15) is 4.79 Å². The second-order valence-electron chi connectivity index (χ2n) is 3.84. The number of aromatic nitrogens is 2. The Hall–Kier alpha value is -0.720. The third-order valence-corrected chi connectivity index (χ3v) is 3.17. The van der Waals surface area contributed by atoms with Crippen molar-refractivity contribution >= 4 is 30.0 Å². The molecule has 2 unspecified atom stereocenters. The molecule has 7 heteroatoms. The quantitative estimate of drug-likeness (QED) is 0.823. The van der Waals surface area contributed by atoms with Gasteiger partial charge in [0.1, 0.15) is 0 Å². The van der Waals surface area contributed by atoms with Gasteiger partial charge in [-0.1, -0.05) is 6.92 Å². The van der Waals surface area contributed by atoms with E-state index in [1.165, 1.54) is 6.20 Å². The molecule has 1 saturated heterocycles. The highest BCUT2D eigenvalue weighted by molar-refractivity contribution is 6.99. The van der Waals surface area contributed by atoms with E-state index in [1.54, 1.807) is 0 Å². The van der Waals surface area contributed by atoms with Gasteiger partial charge < -0.3 is 10.6 Å². The smallest absolute Gasteiger partial charge is 0.272 e. The minimum Gasteiger partial charge on any atom is -0.348 e. The van der Waals surface area contributed by atoms with Crippen molar-refractivity contribution in [2.75, 3.05) is 13.1 Å². The number of halogens is 1. The van der Waals surface area contributed by atoms with Crippen LogP contribution in [0.2, 0.25) is 0 Å². The predicted molar refractivity (Wildman–Crippen MR) is 65.1 cm³/mol. The van der Waals surface area contributed by atoms with E-state index in [2.05, 4.69) is 26.3 Å². The molecule has 0 aliphatic carbocycles. The molecule has 1 aromatic rings. The second kappa shape index (κ2) is 6.12. The van der Waals surface area contributed by atoms with Gasteiger partial charge in [-0.2, -0.15) is 8.75 Å². The number of rotatable bonds is 2. The minimum atomic E-state index is -0.109. The molecule has 1 aromatic heterocycles. The van der Waals surface area contributed by atoms with Crippen molar-refractivity contribution in [3.8, 4) is 0 Å². The number of carbonyl (C=O) groups is 1. The van der Waals surface area contributed by atoms with Gasteiger partial charge in [-0.15, -0.1) is 12.4 Å². The Morgan fingerprint density at radius 3 is 3.12 bits per heavy atom. The molecule has 2 N–H and O–H groups in total. The van der Waals surface area contributed by atoms with Gasteiger partial charge >= 0.3 is 0 Å². The lowest BCUT2D eigenvalue weighted by Gasteiger charge is -2.29. The topological polar surface area (TPSA) is 66.9 Å². The van der Waals surface area contributed by atoms with E-state index in [1.807, 2.05) is 0 Å². The van der Waals surface area contributed by atoms with Crippen molar-refractivity contribution in [3.63, 3.8) is 0 Å². The molecular formula is C9H15ClN4OS. The number of carbonyl (C=O) groups excluding carboxylic acids is 1. The number of amides is 1. The summed E-state index contributed by atoms with van der Waals surface area (Å²) in [6.07, 6.45) is 2.48. The monoisotopic (exact) mass is 262 g/mol. The lowest BCUT2D eigenvalue weighted by Crippen LogP contribution is -2.48. The van der Waals surface area contributed by atoms with Crippen molar-refractivity contribution < 1.29 is 4.79 Å². The molecule has 1 aliphatic heterocycles. The Morgan fingerprint density at radius 1 is 1.69 bits per heavy atom. The van der Waals surface area contributed by atoms with Gasteiger partial charge in [0.05, 0.1) is 17.9 Å². The van der Waals surface area contributed by atoms with E-state index < -0.39 is 0 Å². The van der Waals surface area contributed by atoms with Crippen molar-refractivity contribution in [1.29, 1.82) is 0 Å². The van der Waals surface area contributed by atoms with Gasteiger partial charge in [0, 0.05) is 6.04 Å². The largest absolute Gasteiger partial charge is 0.348 e. The summed E-state index contributed by atoms with van der Waals surface area (Å²) in [6, 6.07) is 0.250. The molecule has 0 radical (unpaired) electrons. The molecule has 1 aliphatic rings. The first kappa shape index (κ1) is 13.3. The van der Waals surface area contributed by atoms with Gasteiger partial charge in [-0.3, -0.25) is 4.79 Å². The fourth-order valence-electron chi connectivity index (χ4n) is 1.74. The third kappa shape index (κ3) is 3.13. The Bertz CT molecular complexity index is 332. The molecule has 0 saturated carbocycles. The molecule has 0 aromatic carbocycles. The van der Waals surface area contributed by atoms with Gasteiger partial charge in [0.25, 0.3) is 5.91 Å². The van der Waals surface area contributed by atoms with Crippen LogP contribution in [-0.2, 0) is 0 Å². The van der Waals surface area contributed by atoms with Crippen molar-refractivity contribution in [2.24, 2.45) is 5.92 Å². The van der Waals surface area contributed by atoms with Gasteiger partial charge in [0.2, 0.25) is 0 Å². The summed E-state index contributed by atoms with van der Waals surface area (Å²) in [5, 5.41) is 6.29. The number of piperidine rings is 1. The van der Waals surface area contributed by atoms with Crippen LogP contribution in [0.4, 0.5) is 0 Å². The second-order valence-corrected chi connectivity index (χ2v) is 4.40. The van der Waals surface area contributed by atoms with E-state index in [4.69, 9.17) is 0 Å². The van der Waals surface area contributed by atoms with Crippen LogP contribution in [-0.4, -0.2) is 33.8 Å². The van der Waals surface area contributed by atoms with E-state index in [0.717, 1.165) is 31.2 Å². The molecule has 2 rings (SSSR count). The molecule has 0 bridgehead atoms. The van der Waals surface area contributed by atoms with Crippen LogP contribution >= 0.6 is 24.1 Å². The SMILES string of the molecule is CC1CNCCC1NC(=O)c1cnsn1.Cl. The molecule has 2 heterocycles. The van der Waals surface area contributed by atoms with E-state index >= 15 is 0 Å². The summed E-state index contributed by atoms with van der Waals surface area (Å²) < 4.78 is 7.72. The molecule has 16 heavy (non-hydrogen) atoms. The summed E-state index contributed by atoms with van der Waals surface area (Å²) in [6.45, 7) is 4.06. The summed E-state index contributed by atoms with van der Waals surface area (Å²) in [4.78, 5) is 11.7. The summed E-state index contributed by atoms with van der Waals surface area (Å²) >= 11 is 1.06. The van der Waals surface area contributed by atoms with Gasteiger partial charge in [-0.05, 0) is 25.4 Å². The van der Waals surface area contributed by atoms with Crippen LogP contribution in [0.3, 0.4) is 0 Å². The predicted octanol–water partition coefficient (Wildman–Crippen LogP) is 0.688. The maximum atomic E-state index is 11.7. The van der Waals surface area contributed by atoms with Crippen LogP contribution in [0.15, 0.2) is 6.20 Å². The maximum Gasteiger partial charge on any atom is 0.272 e. The number of nitrogens with zero attached hydrogens (tertiary/aromatic N) is 2. The van der Waals surface area contributed by atoms with E-state index in [-0.39, 0.29) is 24.4 Å². The van der Waals surface area contributed by atoms with Crippen LogP contribution < -0.4 is 10.6 Å². The Kier molecular flexibility index (Phi) is 5.11. The molecule has 0 spiro atoms. The average molecular weight is 263 g/mol. The summed E-state index contributed by atoms with van der Waals surface area (Å²) in [7, 11) is 0. The number of hydrogen-bond acceptors (Lipinski definition) is 5. The number of nitrogens with one attached hydrogen (secondary N) is 2. The first-order valence-electron chi connectivity index (χ1n) is 5.06. The van der Waals surface area contributed by atoms with Gasteiger partial charge in [0.15, 0.2) is 5.69 Å². The maximum absolute atomic E-state index is 11.7. The normalized spacial score (nSPS) is 24.6. The first-order valence-corrected chi connectivity index (χ1v) is 5.79. The van der Waals surface area contributed by atoms with Crippen LogP contribution in [0.25, 0.3) is 0 Å². The molecule has 90 valence electrons. The Balaban J connectivity index is 0.00000128. The molecule has 1 amide bonds. The highest BCUT2D eigenvalue weighted by Crippen LogP contribution is 2.10. The fourth-order valence-corrected chi connectivity index (χ4v) is 2.15. The van der Waals surface area contributed by atoms with Crippen LogP contribution in [0.5, 0.6) is 0 Å². The molecular weight excluding hydrogens is 248 g/mol. The van der Waals surface area contributed by atoms with Crippen molar-refractivity contribution in [3.05, 3.63) is 11.9 Å². The molecule has 1 fully saturated rings. The lowest BCUT2D eigenvalue weighted by atomic mass is 9.95. The summed E-state index contributed by atoms with van der Waals surface area (Å²) in [5.41, 5.74) is 0.422. The minimum absolute atomic E-state index is 0. The molecule has 2 atom stereocenters. The van der Waals surface area contributed by atoms with Crippen LogP contribution in [0.1, 0.15) is 23.8 Å². The van der Waals surface area contributed by atoms with Crippen molar-refractivity contribution in [2.45, 2.75) is 19.4 Å². The molecule has 5 nitrogen and oxygen atoms in total. The van der Waals surface area contributed by atoms with Crippen LogP contribution in [0, 0.1) is 5.92 Å². The third-order valence-electron chi connectivity index (χ3n) is 2.70. The average Bonchev–Trinajstić information content (AvgIpc) is 2.74. The first-order chi connectivity index (χ1) is 7.27. The fraction of sp³-hybridized carbons (Fsp3) is 0.667. The Morgan fingerprint density at radius 2 is 2.50 bits per heavy atom. The Labute approximate surface area is 105 Å². The zero-order chi connectivity index (χ0) is 10.7. The van der Waals surface area contributed by atoms with Gasteiger partial charge in [-0.25, -0.2) is 0 Å². The highest BCUT2D eigenvalue weighted by atomic mass is 35.5. The lowest BCUT2D eigenvalue weighted by molar-refractivity contribution is 0.0910. The highest BCUT2D eigenvalue weighted by Gasteiger charge is 2.23. The zero-order valence-electron chi connectivity index (χ0n) is 8.97. The zero-order valence-corrected chi connectivity index (χ0v) is 10.6. The summed E-state index contributed by atoms with van der Waals surface area (Å²) in [5.74, 6) is 0.358. The number of hydrogen-bond donors (Lipinski definition) is 2. The standard InChI is InChI=1S/C9H14N4OS.ClH/c1-6-4-10-3-2-7(6)12-9(14)8-5-11-15-13-8;/h5-7,10H,2-4H2,1H3,(H,12,14);1H. The van der Waals surface area contributed by atoms with Crippen molar-refractivity contribution in [1.82, 2.24) is 19.4 Å².